The number of fused-ring (bicyclic) bond motifs is 1. The molecule has 0 amide bonds. The van der Waals surface area contributed by atoms with Crippen molar-refractivity contribution in [2.45, 2.75) is 24.5 Å². The highest BCUT2D eigenvalue weighted by atomic mass is 32.2. The van der Waals surface area contributed by atoms with Gasteiger partial charge in [-0.1, -0.05) is 30.3 Å². The van der Waals surface area contributed by atoms with Gasteiger partial charge in [-0.15, -0.1) is 0 Å². The quantitative estimate of drug-likeness (QED) is 0.254. The molecule has 0 saturated heterocycles. The van der Waals surface area contributed by atoms with E-state index in [1.807, 2.05) is 0 Å². The van der Waals surface area contributed by atoms with Gasteiger partial charge >= 0.3 is 0 Å². The number of benzene rings is 2. The molecule has 0 spiro atoms. The molecule has 11 heteroatoms. The molecule has 3 heterocycles. The van der Waals surface area contributed by atoms with E-state index in [4.69, 9.17) is 0 Å². The van der Waals surface area contributed by atoms with Crippen LogP contribution in [0.5, 0.6) is 0 Å². The SMILES string of the molecule is O=C(c1c(F)ccc(NS(=O)(=O)Cc2ccccc2)c1F)c1c[nH]c2ncc(-c3cnc(C4CC4)nc3)cc12. The van der Waals surface area contributed by atoms with Gasteiger partial charge in [0.25, 0.3) is 0 Å². The Kier molecular flexibility index (Phi) is 6.15. The normalized spacial score (nSPS) is 13.5. The minimum Gasteiger partial charge on any atom is -0.345 e. The zero-order valence-corrected chi connectivity index (χ0v) is 21.2. The van der Waals surface area contributed by atoms with E-state index >= 15 is 4.39 Å². The minimum absolute atomic E-state index is 0.0167. The summed E-state index contributed by atoms with van der Waals surface area (Å²) < 4.78 is 57.7. The van der Waals surface area contributed by atoms with Crippen LogP contribution in [0.4, 0.5) is 14.5 Å². The first kappa shape index (κ1) is 24.8. The molecule has 6 rings (SSSR count). The maximum atomic E-state index is 15.5. The summed E-state index contributed by atoms with van der Waals surface area (Å²) in [4.78, 5) is 29.4. The zero-order chi connectivity index (χ0) is 27.1. The van der Waals surface area contributed by atoms with Crippen molar-refractivity contribution >= 4 is 32.5 Å². The van der Waals surface area contributed by atoms with Crippen LogP contribution >= 0.6 is 0 Å². The molecular formula is C28H21F2N5O3S. The molecule has 5 aromatic rings. The number of anilines is 1. The third-order valence-corrected chi connectivity index (χ3v) is 7.75. The first-order valence-electron chi connectivity index (χ1n) is 12.2. The molecule has 0 radical (unpaired) electrons. The Morgan fingerprint density at radius 2 is 1.69 bits per heavy atom. The molecule has 1 aliphatic carbocycles. The van der Waals surface area contributed by atoms with E-state index in [0.717, 1.165) is 30.8 Å². The molecule has 1 aliphatic rings. The highest BCUT2D eigenvalue weighted by Gasteiger charge is 2.27. The lowest BCUT2D eigenvalue weighted by atomic mass is 10.0. The maximum absolute atomic E-state index is 15.5. The Morgan fingerprint density at radius 1 is 0.974 bits per heavy atom. The second kappa shape index (κ2) is 9.66. The van der Waals surface area contributed by atoms with Crippen LogP contribution in [0.2, 0.25) is 0 Å². The fourth-order valence-corrected chi connectivity index (χ4v) is 5.56. The molecule has 0 bridgehead atoms. The second-order valence-electron chi connectivity index (χ2n) is 9.39. The molecule has 1 saturated carbocycles. The lowest BCUT2D eigenvalue weighted by Crippen LogP contribution is -2.18. The Labute approximate surface area is 222 Å². The molecule has 1 fully saturated rings. The van der Waals surface area contributed by atoms with Crippen LogP contribution in [0.3, 0.4) is 0 Å². The lowest BCUT2D eigenvalue weighted by Gasteiger charge is -2.12. The Hall–Kier alpha value is -4.51. The summed E-state index contributed by atoms with van der Waals surface area (Å²) in [5.41, 5.74) is 0.719. The number of carbonyl (C=O) groups excluding carboxylic acids is 1. The van der Waals surface area contributed by atoms with Gasteiger partial charge in [0.2, 0.25) is 15.8 Å². The van der Waals surface area contributed by atoms with Crippen molar-refractivity contribution in [3.63, 3.8) is 0 Å². The Bertz CT molecular complexity index is 1820. The number of carbonyl (C=O) groups is 1. The number of pyridine rings is 1. The molecule has 39 heavy (non-hydrogen) atoms. The summed E-state index contributed by atoms with van der Waals surface area (Å²) in [6.45, 7) is 0. The third-order valence-electron chi connectivity index (χ3n) is 6.51. The highest BCUT2D eigenvalue weighted by molar-refractivity contribution is 7.91. The topological polar surface area (TPSA) is 118 Å². The van der Waals surface area contributed by atoms with Gasteiger partial charge in [0.15, 0.2) is 5.82 Å². The number of nitrogens with zero attached hydrogens (tertiary/aromatic N) is 3. The minimum atomic E-state index is -4.05. The summed E-state index contributed by atoms with van der Waals surface area (Å²) in [5, 5.41) is 0.345. The monoisotopic (exact) mass is 545 g/mol. The van der Waals surface area contributed by atoms with Gasteiger partial charge in [0, 0.05) is 52.8 Å². The number of H-pyrrole nitrogens is 1. The number of sulfonamides is 1. The van der Waals surface area contributed by atoms with Crippen molar-refractivity contribution in [1.82, 2.24) is 19.9 Å². The predicted molar refractivity (Wildman–Crippen MR) is 142 cm³/mol. The molecule has 0 unspecified atom stereocenters. The van der Waals surface area contributed by atoms with Gasteiger partial charge in [0.05, 0.1) is 17.0 Å². The van der Waals surface area contributed by atoms with Crippen LogP contribution in [0, 0.1) is 11.6 Å². The number of hydrogen-bond donors (Lipinski definition) is 2. The van der Waals surface area contributed by atoms with Crippen molar-refractivity contribution in [2.24, 2.45) is 0 Å². The Balaban J connectivity index is 1.32. The van der Waals surface area contributed by atoms with E-state index in [1.165, 1.54) is 6.20 Å². The second-order valence-corrected chi connectivity index (χ2v) is 11.1. The van der Waals surface area contributed by atoms with Crippen LogP contribution < -0.4 is 4.72 Å². The number of rotatable bonds is 8. The van der Waals surface area contributed by atoms with Crippen molar-refractivity contribution < 1.29 is 22.0 Å². The number of hydrogen-bond acceptors (Lipinski definition) is 6. The first-order chi connectivity index (χ1) is 18.8. The zero-order valence-electron chi connectivity index (χ0n) is 20.4. The first-order valence-corrected chi connectivity index (χ1v) is 13.8. The van der Waals surface area contributed by atoms with Crippen molar-refractivity contribution in [2.75, 3.05) is 4.72 Å². The predicted octanol–water partition coefficient (Wildman–Crippen LogP) is 5.35. The number of nitrogens with one attached hydrogen (secondary N) is 2. The van der Waals surface area contributed by atoms with Gasteiger partial charge in [-0.25, -0.2) is 32.2 Å². The molecule has 0 atom stereocenters. The van der Waals surface area contributed by atoms with E-state index in [0.29, 0.717) is 33.6 Å². The van der Waals surface area contributed by atoms with Gasteiger partial charge in [-0.2, -0.15) is 0 Å². The van der Waals surface area contributed by atoms with Crippen LogP contribution in [0.1, 0.15) is 46.1 Å². The van der Waals surface area contributed by atoms with E-state index < -0.39 is 44.4 Å². The fourth-order valence-electron chi connectivity index (χ4n) is 4.36. The summed E-state index contributed by atoms with van der Waals surface area (Å²) in [5.74, 6) is -2.62. The van der Waals surface area contributed by atoms with Gasteiger partial charge < -0.3 is 4.98 Å². The van der Waals surface area contributed by atoms with E-state index in [-0.39, 0.29) is 5.56 Å². The summed E-state index contributed by atoms with van der Waals surface area (Å²) in [7, 11) is -4.05. The highest BCUT2D eigenvalue weighted by Crippen LogP contribution is 2.38. The molecule has 196 valence electrons. The molecule has 8 nitrogen and oxygen atoms in total. The number of aromatic amines is 1. The van der Waals surface area contributed by atoms with Crippen molar-refractivity contribution in [3.05, 3.63) is 107 Å². The smallest absolute Gasteiger partial charge is 0.237 e. The van der Waals surface area contributed by atoms with Crippen molar-refractivity contribution in [3.8, 4) is 11.1 Å². The molecular weight excluding hydrogens is 524 g/mol. The summed E-state index contributed by atoms with van der Waals surface area (Å²) >= 11 is 0. The molecule has 2 aromatic carbocycles. The Morgan fingerprint density at radius 3 is 2.41 bits per heavy atom. The number of aromatic nitrogens is 4. The van der Waals surface area contributed by atoms with E-state index in [9.17, 15) is 17.6 Å². The molecule has 2 N–H and O–H groups in total. The van der Waals surface area contributed by atoms with E-state index in [2.05, 4.69) is 24.7 Å². The fraction of sp³-hybridized carbons (Fsp3) is 0.143. The summed E-state index contributed by atoms with van der Waals surface area (Å²) in [6, 6.07) is 11.8. The van der Waals surface area contributed by atoms with Crippen LogP contribution in [0.15, 0.2) is 73.3 Å². The number of ketones is 1. The van der Waals surface area contributed by atoms with Gasteiger partial charge in [-0.3, -0.25) is 9.52 Å². The maximum Gasteiger partial charge on any atom is 0.237 e. The van der Waals surface area contributed by atoms with Crippen LogP contribution in [-0.4, -0.2) is 34.1 Å². The van der Waals surface area contributed by atoms with Gasteiger partial charge in [-0.05, 0) is 36.6 Å². The molecule has 0 aliphatic heterocycles. The van der Waals surface area contributed by atoms with E-state index in [1.54, 1.807) is 55.0 Å². The lowest BCUT2D eigenvalue weighted by molar-refractivity contribution is 0.103. The molecule has 3 aromatic heterocycles. The standard InChI is InChI=1S/C28H21F2N5O3S/c29-22-8-9-23(35-39(37,38)15-16-4-2-1-3-5-16)25(30)24(22)26(36)21-14-34-28-20(21)10-18(11-33-28)19-12-31-27(32-13-19)17-6-7-17/h1-5,8-14,17,35H,6-7,15H2,(H,33,34). The van der Waals surface area contributed by atoms with Crippen molar-refractivity contribution in [1.29, 1.82) is 0 Å². The van der Waals surface area contributed by atoms with Crippen LogP contribution in [0.25, 0.3) is 22.2 Å². The summed E-state index contributed by atoms with van der Waals surface area (Å²) in [6.07, 6.45) is 8.42. The number of halogens is 2. The third kappa shape index (κ3) is 5.00. The van der Waals surface area contributed by atoms with Gasteiger partial charge in [0.1, 0.15) is 17.3 Å². The largest absolute Gasteiger partial charge is 0.345 e. The average molecular weight is 546 g/mol. The average Bonchev–Trinajstić information content (AvgIpc) is 3.69. The van der Waals surface area contributed by atoms with Crippen LogP contribution in [-0.2, 0) is 15.8 Å².